The molecule has 0 radical (unpaired) electrons. The van der Waals surface area contributed by atoms with Gasteiger partial charge in [-0.2, -0.15) is 9.97 Å². The molecule has 1 heterocycles. The van der Waals surface area contributed by atoms with Crippen LogP contribution in [0.4, 0.5) is 0 Å². The van der Waals surface area contributed by atoms with Crippen LogP contribution in [0.25, 0.3) is 0 Å². The molecule has 1 rings (SSSR count). The summed E-state index contributed by atoms with van der Waals surface area (Å²) in [7, 11) is 4.41. The number of aromatic nitrogens is 2. The monoisotopic (exact) mass is 272 g/mol. The van der Waals surface area contributed by atoms with Crippen molar-refractivity contribution in [2.45, 2.75) is 12.1 Å². The summed E-state index contributed by atoms with van der Waals surface area (Å²) in [6.07, 6.45) is 0. The van der Waals surface area contributed by atoms with E-state index in [9.17, 15) is 4.79 Å². The molecule has 0 spiro atoms. The summed E-state index contributed by atoms with van der Waals surface area (Å²) >= 11 is 1.35. The molecule has 0 amide bonds. The molecule has 0 bridgehead atoms. The molecular weight excluding hydrogens is 256 g/mol. The Morgan fingerprint density at radius 3 is 2.28 bits per heavy atom. The van der Waals surface area contributed by atoms with Gasteiger partial charge in [0.25, 0.3) is 0 Å². The standard InChI is InChI=1S/C11H16N2O4S/c1-7(10(14)17-4)6-18-11-12-8(15-2)5-9(13-11)16-3/h5,7H,6H2,1-4H3. The minimum atomic E-state index is -0.252. The molecule has 0 aliphatic carbocycles. The Balaban J connectivity index is 2.69. The van der Waals surface area contributed by atoms with Crippen LogP contribution in [0.5, 0.6) is 11.8 Å². The highest BCUT2D eigenvalue weighted by Crippen LogP contribution is 2.23. The zero-order chi connectivity index (χ0) is 13.5. The van der Waals surface area contributed by atoms with Crippen LogP contribution in [0.15, 0.2) is 11.2 Å². The molecule has 0 saturated heterocycles. The first kappa shape index (κ1) is 14.6. The number of nitrogens with zero attached hydrogens (tertiary/aromatic N) is 2. The van der Waals surface area contributed by atoms with Gasteiger partial charge in [0, 0.05) is 5.75 Å². The predicted molar refractivity (Wildman–Crippen MR) is 67.0 cm³/mol. The lowest BCUT2D eigenvalue weighted by atomic mass is 10.2. The number of carbonyl (C=O) groups is 1. The Morgan fingerprint density at radius 1 is 1.28 bits per heavy atom. The molecule has 1 aromatic heterocycles. The molecule has 100 valence electrons. The van der Waals surface area contributed by atoms with E-state index >= 15 is 0 Å². The lowest BCUT2D eigenvalue weighted by molar-refractivity contribution is -0.143. The first-order chi connectivity index (χ1) is 8.60. The van der Waals surface area contributed by atoms with Gasteiger partial charge in [0.05, 0.1) is 33.3 Å². The molecule has 0 aromatic carbocycles. The SMILES string of the molecule is COC(=O)C(C)CSc1nc(OC)cc(OC)n1. The largest absolute Gasteiger partial charge is 0.481 e. The zero-order valence-electron chi connectivity index (χ0n) is 10.8. The summed E-state index contributed by atoms with van der Waals surface area (Å²) < 4.78 is 14.7. The van der Waals surface area contributed by atoms with Gasteiger partial charge in [-0.3, -0.25) is 4.79 Å². The third-order valence-corrected chi connectivity index (χ3v) is 3.25. The third kappa shape index (κ3) is 4.06. The van der Waals surface area contributed by atoms with Gasteiger partial charge >= 0.3 is 5.97 Å². The van der Waals surface area contributed by atoms with Gasteiger partial charge in [-0.15, -0.1) is 0 Å². The van der Waals surface area contributed by atoms with Crippen molar-refractivity contribution < 1.29 is 19.0 Å². The normalized spacial score (nSPS) is 11.8. The number of rotatable bonds is 6. The first-order valence-corrected chi connectivity index (χ1v) is 6.27. The molecule has 0 N–H and O–H groups in total. The van der Waals surface area contributed by atoms with Crippen LogP contribution in [0.1, 0.15) is 6.92 Å². The van der Waals surface area contributed by atoms with E-state index in [1.54, 1.807) is 13.0 Å². The van der Waals surface area contributed by atoms with Gasteiger partial charge in [-0.05, 0) is 0 Å². The predicted octanol–water partition coefficient (Wildman–Crippen LogP) is 1.39. The van der Waals surface area contributed by atoms with E-state index in [0.29, 0.717) is 22.7 Å². The Kier molecular flexibility index (Phi) is 5.70. The Bertz CT molecular complexity index is 392. The average molecular weight is 272 g/mol. The van der Waals surface area contributed by atoms with Crippen molar-refractivity contribution in [3.05, 3.63) is 6.07 Å². The minimum Gasteiger partial charge on any atom is -0.481 e. The van der Waals surface area contributed by atoms with Crippen molar-refractivity contribution in [3.63, 3.8) is 0 Å². The fourth-order valence-electron chi connectivity index (χ4n) is 1.13. The van der Waals surface area contributed by atoms with Gasteiger partial charge in [0.1, 0.15) is 0 Å². The van der Waals surface area contributed by atoms with E-state index in [4.69, 9.17) is 9.47 Å². The van der Waals surface area contributed by atoms with Crippen molar-refractivity contribution in [2.75, 3.05) is 27.1 Å². The van der Waals surface area contributed by atoms with Crippen molar-refractivity contribution in [3.8, 4) is 11.8 Å². The molecule has 0 aliphatic heterocycles. The van der Waals surface area contributed by atoms with E-state index in [0.717, 1.165) is 0 Å². The van der Waals surface area contributed by atoms with Gasteiger partial charge in [0.15, 0.2) is 5.16 Å². The number of methoxy groups -OCH3 is 3. The second-order valence-electron chi connectivity index (χ2n) is 3.47. The summed E-state index contributed by atoms with van der Waals surface area (Å²) in [6, 6.07) is 1.59. The fraction of sp³-hybridized carbons (Fsp3) is 0.545. The average Bonchev–Trinajstić information content (AvgIpc) is 2.43. The number of thioether (sulfide) groups is 1. The zero-order valence-corrected chi connectivity index (χ0v) is 11.6. The number of ether oxygens (including phenoxy) is 3. The van der Waals surface area contributed by atoms with E-state index in [2.05, 4.69) is 14.7 Å². The highest BCUT2D eigenvalue weighted by molar-refractivity contribution is 7.99. The molecular formula is C11H16N2O4S. The second-order valence-corrected chi connectivity index (χ2v) is 4.46. The quantitative estimate of drug-likeness (QED) is 0.440. The summed E-state index contributed by atoms with van der Waals surface area (Å²) in [5, 5.41) is 0.502. The van der Waals surface area contributed by atoms with Crippen LogP contribution >= 0.6 is 11.8 Å². The lowest BCUT2D eigenvalue weighted by Gasteiger charge is -2.09. The smallest absolute Gasteiger partial charge is 0.309 e. The third-order valence-electron chi connectivity index (χ3n) is 2.14. The molecule has 18 heavy (non-hydrogen) atoms. The van der Waals surface area contributed by atoms with E-state index < -0.39 is 0 Å². The Morgan fingerprint density at radius 2 is 1.83 bits per heavy atom. The molecule has 0 aliphatic rings. The van der Waals surface area contributed by atoms with Crippen LogP contribution in [0, 0.1) is 5.92 Å². The minimum absolute atomic E-state index is 0.221. The van der Waals surface area contributed by atoms with Crippen LogP contribution in [0.3, 0.4) is 0 Å². The van der Waals surface area contributed by atoms with Crippen LogP contribution < -0.4 is 9.47 Å². The maximum Gasteiger partial charge on any atom is 0.309 e. The van der Waals surface area contributed by atoms with Gasteiger partial charge in [0.2, 0.25) is 11.8 Å². The number of carbonyl (C=O) groups excluding carboxylic acids is 1. The van der Waals surface area contributed by atoms with Crippen molar-refractivity contribution in [1.29, 1.82) is 0 Å². The Labute approximate surface area is 110 Å². The summed E-state index contributed by atoms with van der Waals surface area (Å²) in [6.45, 7) is 1.79. The van der Waals surface area contributed by atoms with Crippen molar-refractivity contribution in [2.24, 2.45) is 5.92 Å². The van der Waals surface area contributed by atoms with E-state index in [-0.39, 0.29) is 11.9 Å². The maximum atomic E-state index is 11.3. The molecule has 6 nitrogen and oxygen atoms in total. The number of esters is 1. The van der Waals surface area contributed by atoms with Crippen molar-refractivity contribution >= 4 is 17.7 Å². The van der Waals surface area contributed by atoms with Crippen LogP contribution in [-0.4, -0.2) is 43.0 Å². The van der Waals surface area contributed by atoms with Crippen molar-refractivity contribution in [1.82, 2.24) is 9.97 Å². The maximum absolute atomic E-state index is 11.3. The van der Waals surface area contributed by atoms with E-state index in [1.165, 1.54) is 33.1 Å². The molecule has 0 saturated carbocycles. The summed E-state index contributed by atoms with van der Waals surface area (Å²) in [4.78, 5) is 19.6. The van der Waals surface area contributed by atoms with Gasteiger partial charge in [-0.25, -0.2) is 0 Å². The first-order valence-electron chi connectivity index (χ1n) is 5.28. The van der Waals surface area contributed by atoms with Crippen LogP contribution in [0.2, 0.25) is 0 Å². The lowest BCUT2D eigenvalue weighted by Crippen LogP contribution is -2.15. The van der Waals surface area contributed by atoms with Gasteiger partial charge < -0.3 is 14.2 Å². The van der Waals surface area contributed by atoms with Crippen LogP contribution in [-0.2, 0) is 9.53 Å². The van der Waals surface area contributed by atoms with E-state index in [1.807, 2.05) is 0 Å². The fourth-order valence-corrected chi connectivity index (χ4v) is 1.97. The molecule has 1 aromatic rings. The molecule has 1 atom stereocenters. The Hall–Kier alpha value is -1.50. The summed E-state index contributed by atoms with van der Waals surface area (Å²) in [5.74, 6) is 0.909. The topological polar surface area (TPSA) is 70.5 Å². The molecule has 0 fully saturated rings. The summed E-state index contributed by atoms with van der Waals surface area (Å²) in [5.41, 5.74) is 0. The highest BCUT2D eigenvalue weighted by atomic mass is 32.2. The number of hydrogen-bond donors (Lipinski definition) is 0. The number of hydrogen-bond acceptors (Lipinski definition) is 7. The second kappa shape index (κ2) is 7.05. The molecule has 7 heteroatoms. The van der Waals surface area contributed by atoms with Gasteiger partial charge in [-0.1, -0.05) is 18.7 Å². The molecule has 1 unspecified atom stereocenters. The highest BCUT2D eigenvalue weighted by Gasteiger charge is 2.15.